The predicted octanol–water partition coefficient (Wildman–Crippen LogP) is 11.7. The molecule has 0 unspecified atom stereocenters. The van der Waals surface area contributed by atoms with Gasteiger partial charge in [0, 0.05) is 34.1 Å². The van der Waals surface area contributed by atoms with Crippen molar-refractivity contribution in [2.45, 2.75) is 12.8 Å². The van der Waals surface area contributed by atoms with Crippen LogP contribution in [-0.2, 0) is 12.8 Å². The Morgan fingerprint density at radius 2 is 0.614 bits per heavy atom. The van der Waals surface area contributed by atoms with Crippen molar-refractivity contribution in [3.05, 3.63) is 193 Å². The van der Waals surface area contributed by atoms with Crippen LogP contribution in [0, 0.1) is 0 Å². The Bertz CT molecular complexity index is 1650. The average molecular weight is 569 g/mol. The highest BCUT2D eigenvalue weighted by atomic mass is 15.1. The summed E-state index contributed by atoms with van der Waals surface area (Å²) in [5.41, 5.74) is 11.6. The first-order valence-corrected chi connectivity index (χ1v) is 15.0. The van der Waals surface area contributed by atoms with Crippen molar-refractivity contribution in [3.63, 3.8) is 0 Å². The largest absolute Gasteiger partial charge is 0.311 e. The van der Waals surface area contributed by atoms with E-state index in [2.05, 4.69) is 181 Å². The third-order valence-corrected chi connectivity index (χ3v) is 7.89. The average Bonchev–Trinajstić information content (AvgIpc) is 3.10. The van der Waals surface area contributed by atoms with Gasteiger partial charge < -0.3 is 9.80 Å². The maximum absolute atomic E-state index is 3.89. The molecule has 6 rings (SSSR count). The first-order chi connectivity index (χ1) is 21.7. The Morgan fingerprint density at radius 3 is 0.909 bits per heavy atom. The second-order valence-electron chi connectivity index (χ2n) is 10.8. The predicted molar refractivity (Wildman–Crippen MR) is 190 cm³/mol. The molecule has 0 bridgehead atoms. The van der Waals surface area contributed by atoms with Gasteiger partial charge in [-0.15, -0.1) is 0 Å². The molecule has 0 aliphatic rings. The summed E-state index contributed by atoms with van der Waals surface area (Å²) in [6.45, 7) is 7.79. The van der Waals surface area contributed by atoms with Gasteiger partial charge in [0.2, 0.25) is 0 Å². The van der Waals surface area contributed by atoms with E-state index in [-0.39, 0.29) is 0 Å². The summed E-state index contributed by atoms with van der Waals surface area (Å²) in [6, 6.07) is 55.9. The van der Waals surface area contributed by atoms with Gasteiger partial charge in [0.15, 0.2) is 0 Å². The molecule has 0 amide bonds. The van der Waals surface area contributed by atoms with Crippen LogP contribution in [0.5, 0.6) is 0 Å². The fraction of sp³-hybridized carbons (Fsp3) is 0.0476. The van der Waals surface area contributed by atoms with Crippen LogP contribution < -0.4 is 9.80 Å². The highest BCUT2D eigenvalue weighted by Crippen LogP contribution is 2.36. The first kappa shape index (κ1) is 28.5. The van der Waals surface area contributed by atoms with Crippen LogP contribution in [0.4, 0.5) is 34.1 Å². The molecule has 6 aromatic rings. The van der Waals surface area contributed by atoms with E-state index >= 15 is 0 Å². The number of anilines is 6. The summed E-state index contributed by atoms with van der Waals surface area (Å²) < 4.78 is 0. The molecule has 0 spiro atoms. The molecular weight excluding hydrogens is 532 g/mol. The molecule has 0 aliphatic carbocycles. The smallest absolute Gasteiger partial charge is 0.0462 e. The van der Waals surface area contributed by atoms with Gasteiger partial charge in [0.1, 0.15) is 0 Å². The van der Waals surface area contributed by atoms with E-state index in [0.717, 1.165) is 58.1 Å². The Labute approximate surface area is 261 Å². The van der Waals surface area contributed by atoms with Gasteiger partial charge in [-0.3, -0.25) is 0 Å². The Hall–Kier alpha value is -5.60. The minimum Gasteiger partial charge on any atom is -0.311 e. The van der Waals surface area contributed by atoms with E-state index in [9.17, 15) is 0 Å². The molecule has 0 aromatic heterocycles. The molecule has 0 saturated heterocycles. The molecule has 0 atom stereocenters. The molecule has 2 nitrogen and oxygen atoms in total. The quantitative estimate of drug-likeness (QED) is 0.153. The molecule has 214 valence electrons. The minimum atomic E-state index is 0.977. The molecule has 0 heterocycles. The molecular formula is C42H36N2. The maximum atomic E-state index is 3.89. The Balaban J connectivity index is 1.18. The number of benzene rings is 6. The summed E-state index contributed by atoms with van der Waals surface area (Å²) in [5.74, 6) is 0. The van der Waals surface area contributed by atoms with Crippen molar-refractivity contribution in [2.24, 2.45) is 0 Å². The molecule has 0 fully saturated rings. The first-order valence-electron chi connectivity index (χ1n) is 15.0. The zero-order valence-corrected chi connectivity index (χ0v) is 24.9. The Kier molecular flexibility index (Phi) is 8.80. The minimum absolute atomic E-state index is 0.977. The van der Waals surface area contributed by atoms with Crippen molar-refractivity contribution >= 4 is 46.3 Å². The lowest BCUT2D eigenvalue weighted by molar-refractivity contribution is 0.959. The van der Waals surface area contributed by atoms with Crippen LogP contribution in [0.1, 0.15) is 22.3 Å². The third-order valence-electron chi connectivity index (χ3n) is 7.89. The van der Waals surface area contributed by atoms with Crippen molar-refractivity contribution in [2.75, 3.05) is 9.80 Å². The number of nitrogens with zero attached hydrogens (tertiary/aromatic N) is 2. The lowest BCUT2D eigenvalue weighted by Gasteiger charge is -2.26. The molecule has 2 heteroatoms. The van der Waals surface area contributed by atoms with Crippen LogP contribution in [0.25, 0.3) is 12.2 Å². The fourth-order valence-electron chi connectivity index (χ4n) is 5.48. The monoisotopic (exact) mass is 568 g/mol. The van der Waals surface area contributed by atoms with E-state index in [1.54, 1.807) is 0 Å². The second-order valence-corrected chi connectivity index (χ2v) is 10.8. The van der Waals surface area contributed by atoms with Gasteiger partial charge in [-0.05, 0) is 108 Å². The number of hydrogen-bond acceptors (Lipinski definition) is 2. The second kappa shape index (κ2) is 13.6. The number of rotatable bonds is 11. The van der Waals surface area contributed by atoms with Crippen LogP contribution in [0.2, 0.25) is 0 Å². The molecule has 0 N–H and O–H groups in total. The molecule has 6 aromatic carbocycles. The van der Waals surface area contributed by atoms with Crippen LogP contribution in [-0.4, -0.2) is 0 Å². The zero-order chi connectivity index (χ0) is 30.1. The summed E-state index contributed by atoms with van der Waals surface area (Å²) in [6.07, 6.45) is 5.70. The molecule has 0 aliphatic heterocycles. The lowest BCUT2D eigenvalue weighted by atomic mass is 10.0. The zero-order valence-electron chi connectivity index (χ0n) is 24.9. The molecule has 0 saturated carbocycles. The van der Waals surface area contributed by atoms with E-state index in [4.69, 9.17) is 0 Å². The van der Waals surface area contributed by atoms with E-state index in [1.807, 2.05) is 12.2 Å². The normalized spacial score (nSPS) is 10.6. The van der Waals surface area contributed by atoms with Gasteiger partial charge in [-0.1, -0.05) is 110 Å². The number of hydrogen-bond donors (Lipinski definition) is 0. The van der Waals surface area contributed by atoms with Crippen molar-refractivity contribution < 1.29 is 0 Å². The molecule has 44 heavy (non-hydrogen) atoms. The highest BCUT2D eigenvalue weighted by Gasteiger charge is 2.14. The van der Waals surface area contributed by atoms with Crippen LogP contribution in [0.3, 0.4) is 0 Å². The molecule has 0 radical (unpaired) electrons. The van der Waals surface area contributed by atoms with Gasteiger partial charge in [0.05, 0.1) is 0 Å². The van der Waals surface area contributed by atoms with Gasteiger partial charge in [0.25, 0.3) is 0 Å². The maximum Gasteiger partial charge on any atom is 0.0462 e. The van der Waals surface area contributed by atoms with E-state index in [1.165, 1.54) is 11.1 Å². The van der Waals surface area contributed by atoms with Crippen molar-refractivity contribution in [1.29, 1.82) is 0 Å². The summed E-state index contributed by atoms with van der Waals surface area (Å²) in [5, 5.41) is 0. The third kappa shape index (κ3) is 6.56. The number of para-hydroxylation sites is 2. The van der Waals surface area contributed by atoms with Gasteiger partial charge in [-0.2, -0.15) is 0 Å². The van der Waals surface area contributed by atoms with Crippen molar-refractivity contribution in [1.82, 2.24) is 0 Å². The van der Waals surface area contributed by atoms with E-state index in [0.29, 0.717) is 0 Å². The summed E-state index contributed by atoms with van der Waals surface area (Å²) in [4.78, 5) is 4.58. The van der Waals surface area contributed by atoms with Crippen LogP contribution in [0.15, 0.2) is 171 Å². The highest BCUT2D eigenvalue weighted by molar-refractivity contribution is 5.78. The fourth-order valence-corrected chi connectivity index (χ4v) is 5.48. The van der Waals surface area contributed by atoms with Crippen LogP contribution >= 0.6 is 0 Å². The van der Waals surface area contributed by atoms with Crippen molar-refractivity contribution in [3.8, 4) is 0 Å². The topological polar surface area (TPSA) is 6.48 Å². The summed E-state index contributed by atoms with van der Waals surface area (Å²) in [7, 11) is 0. The SMILES string of the molecule is C=Cc1ccc(N(c2ccccc2)c2ccc(CCc3ccc(N(c4ccccc4)c4ccc(C=C)cc4)cc3)cc2)cc1. The Morgan fingerprint density at radius 1 is 0.341 bits per heavy atom. The summed E-state index contributed by atoms with van der Waals surface area (Å²) >= 11 is 0. The van der Waals surface area contributed by atoms with Gasteiger partial charge in [-0.25, -0.2) is 0 Å². The van der Waals surface area contributed by atoms with E-state index < -0.39 is 0 Å². The van der Waals surface area contributed by atoms with Gasteiger partial charge >= 0.3 is 0 Å². The standard InChI is InChI=1S/C42H36N2/c1-3-33-17-25-39(26-18-33)43(37-11-7-5-8-12-37)41-29-21-35(22-30-41)15-16-36-23-31-42(32-24-36)44(38-13-9-6-10-14-38)40-27-19-34(4-2)20-28-40/h3-14,17-32H,1-2,15-16H2. The lowest BCUT2D eigenvalue weighted by Crippen LogP contribution is -2.10. The number of aryl methyl sites for hydroxylation is 2.